The molecule has 2 rings (SSSR count). The van der Waals surface area contributed by atoms with E-state index in [9.17, 15) is 9.59 Å². The van der Waals surface area contributed by atoms with Crippen molar-refractivity contribution >= 4 is 23.5 Å². The van der Waals surface area contributed by atoms with Crippen LogP contribution in [-0.2, 0) is 14.3 Å². The van der Waals surface area contributed by atoms with Gasteiger partial charge in [-0.25, -0.2) is 4.79 Å². The first-order valence-corrected chi connectivity index (χ1v) is 7.37. The van der Waals surface area contributed by atoms with Gasteiger partial charge in [0, 0.05) is 7.05 Å². The highest BCUT2D eigenvalue weighted by molar-refractivity contribution is 6.32. The van der Waals surface area contributed by atoms with Gasteiger partial charge in [0.05, 0.1) is 11.6 Å². The molecule has 1 heterocycles. The van der Waals surface area contributed by atoms with Crippen LogP contribution in [0.3, 0.4) is 0 Å². The second-order valence-corrected chi connectivity index (χ2v) is 5.47. The summed E-state index contributed by atoms with van der Waals surface area (Å²) in [6.45, 7) is 0.655. The van der Waals surface area contributed by atoms with E-state index in [1.165, 1.54) is 4.90 Å². The van der Waals surface area contributed by atoms with Gasteiger partial charge in [-0.15, -0.1) is 0 Å². The Morgan fingerprint density at radius 2 is 2.05 bits per heavy atom. The second-order valence-electron chi connectivity index (χ2n) is 5.07. The maximum Gasteiger partial charge on any atom is 0.332 e. The molecule has 1 aliphatic rings. The quantitative estimate of drug-likeness (QED) is 0.862. The number of hydrogen-bond donors (Lipinski definition) is 1. The number of carbonyl (C=O) groups is 2. The number of para-hydroxylation sites is 1. The number of aliphatic carboxylic acids is 1. The molecule has 1 N–H and O–H groups in total. The third-order valence-electron chi connectivity index (χ3n) is 3.47. The number of nitrogens with zero attached hydrogens (tertiary/aromatic N) is 1. The first-order chi connectivity index (χ1) is 10.5. The average molecular weight is 328 g/mol. The number of carboxylic acids is 1. The summed E-state index contributed by atoms with van der Waals surface area (Å²) in [4.78, 5) is 24.4. The maximum atomic E-state index is 12.1. The van der Waals surface area contributed by atoms with Crippen LogP contribution >= 0.6 is 11.6 Å². The van der Waals surface area contributed by atoms with Gasteiger partial charge in [0.25, 0.3) is 5.91 Å². The predicted octanol–water partition coefficient (Wildman–Crippen LogP) is 1.81. The Morgan fingerprint density at radius 3 is 2.68 bits per heavy atom. The van der Waals surface area contributed by atoms with Gasteiger partial charge in [0.15, 0.2) is 6.10 Å². The van der Waals surface area contributed by atoms with E-state index < -0.39 is 18.2 Å². The van der Waals surface area contributed by atoms with Gasteiger partial charge in [0.1, 0.15) is 18.5 Å². The molecule has 1 saturated heterocycles. The summed E-state index contributed by atoms with van der Waals surface area (Å²) >= 11 is 5.97. The fraction of sp³-hybridized carbons (Fsp3) is 0.467. The van der Waals surface area contributed by atoms with E-state index in [-0.39, 0.29) is 5.91 Å². The van der Waals surface area contributed by atoms with Crippen molar-refractivity contribution in [3.63, 3.8) is 0 Å². The molecule has 0 bridgehead atoms. The number of halogens is 1. The Labute approximate surface area is 133 Å². The topological polar surface area (TPSA) is 76.1 Å². The standard InChI is InChI=1S/C15H18ClNO5/c1-17(8-9-21-11-5-3-2-4-10(11)16)14(18)12-6-7-13(22-12)15(19)20/h2-5,12-13H,6-9H2,1H3,(H,19,20)/t12-,13+/m0/s1. The fourth-order valence-corrected chi connectivity index (χ4v) is 2.40. The highest BCUT2D eigenvalue weighted by Gasteiger charge is 2.35. The molecule has 1 fully saturated rings. The Hall–Kier alpha value is -1.79. The monoisotopic (exact) mass is 327 g/mol. The van der Waals surface area contributed by atoms with Crippen molar-refractivity contribution in [3.8, 4) is 5.75 Å². The fourth-order valence-electron chi connectivity index (χ4n) is 2.21. The third kappa shape index (κ3) is 4.11. The lowest BCUT2D eigenvalue weighted by Gasteiger charge is -2.21. The van der Waals surface area contributed by atoms with Gasteiger partial charge in [-0.3, -0.25) is 4.79 Å². The molecule has 7 heteroatoms. The van der Waals surface area contributed by atoms with E-state index in [1.54, 1.807) is 25.2 Å². The van der Waals surface area contributed by atoms with Gasteiger partial charge in [-0.05, 0) is 25.0 Å². The molecule has 0 aromatic heterocycles. The van der Waals surface area contributed by atoms with Crippen LogP contribution in [-0.4, -0.2) is 54.3 Å². The molecule has 22 heavy (non-hydrogen) atoms. The Morgan fingerprint density at radius 1 is 1.36 bits per heavy atom. The van der Waals surface area contributed by atoms with Crippen LogP contribution in [0.5, 0.6) is 5.75 Å². The van der Waals surface area contributed by atoms with Gasteiger partial charge in [-0.1, -0.05) is 23.7 Å². The van der Waals surface area contributed by atoms with E-state index in [0.29, 0.717) is 36.8 Å². The van der Waals surface area contributed by atoms with E-state index in [2.05, 4.69) is 0 Å². The largest absolute Gasteiger partial charge is 0.490 e. The van der Waals surface area contributed by atoms with Crippen LogP contribution in [0, 0.1) is 0 Å². The number of hydrogen-bond acceptors (Lipinski definition) is 4. The summed E-state index contributed by atoms with van der Waals surface area (Å²) in [5, 5.41) is 9.38. The minimum atomic E-state index is -1.03. The maximum absolute atomic E-state index is 12.1. The lowest BCUT2D eigenvalue weighted by Crippen LogP contribution is -2.39. The zero-order chi connectivity index (χ0) is 16.1. The molecule has 120 valence electrons. The lowest BCUT2D eigenvalue weighted by molar-refractivity contribution is -0.154. The van der Waals surface area contributed by atoms with Crippen molar-refractivity contribution in [3.05, 3.63) is 29.3 Å². The molecule has 0 spiro atoms. The first-order valence-electron chi connectivity index (χ1n) is 6.99. The molecule has 1 aromatic carbocycles. The summed E-state index contributed by atoms with van der Waals surface area (Å²) in [6.07, 6.45) is -0.797. The molecule has 1 aromatic rings. The van der Waals surface area contributed by atoms with Crippen molar-refractivity contribution in [1.82, 2.24) is 4.90 Å². The van der Waals surface area contributed by atoms with Crippen molar-refractivity contribution in [2.24, 2.45) is 0 Å². The molecule has 2 atom stereocenters. The van der Waals surface area contributed by atoms with Crippen LogP contribution < -0.4 is 4.74 Å². The number of likely N-dealkylation sites (N-methyl/N-ethyl adjacent to an activating group) is 1. The van der Waals surface area contributed by atoms with Crippen LogP contribution in [0.15, 0.2) is 24.3 Å². The minimum Gasteiger partial charge on any atom is -0.490 e. The van der Waals surface area contributed by atoms with Crippen LogP contribution in [0.2, 0.25) is 5.02 Å². The van der Waals surface area contributed by atoms with Gasteiger partial charge < -0.3 is 19.5 Å². The van der Waals surface area contributed by atoms with E-state index in [4.69, 9.17) is 26.2 Å². The summed E-state index contributed by atoms with van der Waals surface area (Å²) in [6, 6.07) is 7.10. The molecule has 0 unspecified atom stereocenters. The first kappa shape index (κ1) is 16.6. The Bertz CT molecular complexity index is 550. The van der Waals surface area contributed by atoms with Crippen LogP contribution in [0.25, 0.3) is 0 Å². The summed E-state index contributed by atoms with van der Waals surface area (Å²) < 4.78 is 10.8. The molecule has 6 nitrogen and oxygen atoms in total. The summed E-state index contributed by atoms with van der Waals surface area (Å²) in [7, 11) is 1.63. The number of carboxylic acid groups (broad SMARTS) is 1. The van der Waals surface area contributed by atoms with Gasteiger partial charge >= 0.3 is 5.97 Å². The summed E-state index contributed by atoms with van der Waals surface area (Å²) in [5.41, 5.74) is 0. The highest BCUT2D eigenvalue weighted by Crippen LogP contribution is 2.23. The number of ether oxygens (including phenoxy) is 2. The molecular weight excluding hydrogens is 310 g/mol. The van der Waals surface area contributed by atoms with Crippen molar-refractivity contribution in [2.45, 2.75) is 25.0 Å². The number of benzene rings is 1. The van der Waals surface area contributed by atoms with Gasteiger partial charge in [-0.2, -0.15) is 0 Å². The van der Waals surface area contributed by atoms with Crippen LogP contribution in [0.1, 0.15) is 12.8 Å². The number of carbonyl (C=O) groups excluding carboxylic acids is 1. The van der Waals surface area contributed by atoms with E-state index in [0.717, 1.165) is 0 Å². The normalized spacial score (nSPS) is 20.6. The molecular formula is C15H18ClNO5. The average Bonchev–Trinajstić information content (AvgIpc) is 2.98. The lowest BCUT2D eigenvalue weighted by atomic mass is 10.2. The van der Waals surface area contributed by atoms with Crippen molar-refractivity contribution in [1.29, 1.82) is 0 Å². The number of rotatable bonds is 6. The molecule has 1 amide bonds. The van der Waals surface area contributed by atoms with E-state index in [1.807, 2.05) is 6.07 Å². The SMILES string of the molecule is CN(CCOc1ccccc1Cl)C(=O)[C@@H]1CC[C@H](C(=O)O)O1. The van der Waals surface area contributed by atoms with Crippen molar-refractivity contribution < 1.29 is 24.2 Å². The van der Waals surface area contributed by atoms with Gasteiger partial charge in [0.2, 0.25) is 0 Å². The molecule has 0 radical (unpaired) electrons. The van der Waals surface area contributed by atoms with Crippen molar-refractivity contribution in [2.75, 3.05) is 20.2 Å². The van der Waals surface area contributed by atoms with Crippen LogP contribution in [0.4, 0.5) is 0 Å². The van der Waals surface area contributed by atoms with E-state index >= 15 is 0 Å². The minimum absolute atomic E-state index is 0.230. The number of amides is 1. The second kappa shape index (κ2) is 7.47. The predicted molar refractivity (Wildman–Crippen MR) is 80.1 cm³/mol. The highest BCUT2D eigenvalue weighted by atomic mass is 35.5. The zero-order valence-corrected chi connectivity index (χ0v) is 13.0. The zero-order valence-electron chi connectivity index (χ0n) is 12.2. The molecule has 0 aliphatic carbocycles. The Kier molecular flexibility index (Phi) is 5.63. The Balaban J connectivity index is 1.78. The summed E-state index contributed by atoms with van der Waals surface area (Å²) in [5.74, 6) is -0.695. The molecule has 0 saturated carbocycles. The third-order valence-corrected chi connectivity index (χ3v) is 3.78. The smallest absolute Gasteiger partial charge is 0.332 e. The molecule has 1 aliphatic heterocycles.